The van der Waals surface area contributed by atoms with Gasteiger partial charge in [-0.05, 0) is 37.5 Å². The van der Waals surface area contributed by atoms with E-state index in [1.807, 2.05) is 19.9 Å². The van der Waals surface area contributed by atoms with Gasteiger partial charge in [-0.3, -0.25) is 14.5 Å². The molecule has 0 saturated carbocycles. The molecule has 0 aliphatic carbocycles. The molecule has 0 bridgehead atoms. The molecule has 0 radical (unpaired) electrons. The highest BCUT2D eigenvalue weighted by Gasteiger charge is 2.28. The maximum Gasteiger partial charge on any atom is 0.257 e. The van der Waals surface area contributed by atoms with Crippen molar-refractivity contribution in [1.29, 1.82) is 0 Å². The number of anilines is 1. The van der Waals surface area contributed by atoms with Crippen molar-refractivity contribution in [2.75, 3.05) is 39.2 Å². The second kappa shape index (κ2) is 12.8. The summed E-state index contributed by atoms with van der Waals surface area (Å²) >= 11 is 0. The lowest BCUT2D eigenvalue weighted by molar-refractivity contribution is -0.116. The van der Waals surface area contributed by atoms with E-state index in [9.17, 15) is 14.0 Å². The third-order valence-corrected chi connectivity index (χ3v) is 6.67. The van der Waals surface area contributed by atoms with Gasteiger partial charge in [0, 0.05) is 63.6 Å². The van der Waals surface area contributed by atoms with Gasteiger partial charge in [-0.15, -0.1) is 0 Å². The maximum atomic E-state index is 14.5. The van der Waals surface area contributed by atoms with Crippen molar-refractivity contribution in [1.82, 2.24) is 9.80 Å². The zero-order valence-electron chi connectivity index (χ0n) is 21.9. The van der Waals surface area contributed by atoms with Gasteiger partial charge in [-0.25, -0.2) is 4.39 Å². The number of nitrogens with zero attached hydrogens (tertiary/aromatic N) is 2. The number of benzene rings is 2. The SMILES string of the molecule is CCCC(=O)Nc1ccc2c(c1)OC[C@H](C)N(Cc1ccccc1F)C[C@H](C)[C@@H](OC)CN(C)C2=O. The van der Waals surface area contributed by atoms with E-state index < -0.39 is 0 Å². The van der Waals surface area contributed by atoms with Crippen LogP contribution < -0.4 is 10.1 Å². The first-order valence-corrected chi connectivity index (χ1v) is 12.6. The van der Waals surface area contributed by atoms with Crippen molar-refractivity contribution < 1.29 is 23.5 Å². The van der Waals surface area contributed by atoms with Crippen molar-refractivity contribution in [3.63, 3.8) is 0 Å². The summed E-state index contributed by atoms with van der Waals surface area (Å²) in [5, 5.41) is 2.87. The molecule has 2 aromatic rings. The molecule has 3 atom stereocenters. The summed E-state index contributed by atoms with van der Waals surface area (Å²) in [6, 6.07) is 11.8. The largest absolute Gasteiger partial charge is 0.491 e. The Morgan fingerprint density at radius 1 is 1.19 bits per heavy atom. The Hall–Kier alpha value is -2.97. The Labute approximate surface area is 213 Å². The second-order valence-electron chi connectivity index (χ2n) is 9.63. The molecule has 0 fully saturated rings. The summed E-state index contributed by atoms with van der Waals surface area (Å²) in [5.74, 6) is -0.0238. The molecule has 1 N–H and O–H groups in total. The fourth-order valence-electron chi connectivity index (χ4n) is 4.44. The summed E-state index contributed by atoms with van der Waals surface area (Å²) in [4.78, 5) is 29.3. The minimum atomic E-state index is -0.240. The molecule has 0 spiro atoms. The maximum absolute atomic E-state index is 14.5. The molecule has 8 heteroatoms. The normalized spacial score (nSPS) is 21.7. The van der Waals surface area contributed by atoms with E-state index in [4.69, 9.17) is 9.47 Å². The molecule has 0 unspecified atom stereocenters. The van der Waals surface area contributed by atoms with Gasteiger partial charge in [-0.1, -0.05) is 32.0 Å². The number of methoxy groups -OCH3 is 1. The van der Waals surface area contributed by atoms with Gasteiger partial charge in [0.15, 0.2) is 0 Å². The van der Waals surface area contributed by atoms with E-state index in [0.29, 0.717) is 48.6 Å². The van der Waals surface area contributed by atoms with Crippen LogP contribution in [0.5, 0.6) is 5.75 Å². The smallest absolute Gasteiger partial charge is 0.257 e. The molecule has 0 saturated heterocycles. The molecule has 1 aliphatic heterocycles. The number of nitrogens with one attached hydrogen (secondary N) is 1. The van der Waals surface area contributed by atoms with E-state index in [-0.39, 0.29) is 42.3 Å². The number of ether oxygens (including phenoxy) is 2. The molecular weight excluding hydrogens is 461 g/mol. The number of hydrogen-bond donors (Lipinski definition) is 1. The molecule has 1 heterocycles. The third-order valence-electron chi connectivity index (χ3n) is 6.67. The molecule has 1 aliphatic rings. The van der Waals surface area contributed by atoms with E-state index >= 15 is 0 Å². The summed E-state index contributed by atoms with van der Waals surface area (Å²) in [6.07, 6.45) is 0.953. The Kier molecular flexibility index (Phi) is 9.84. The van der Waals surface area contributed by atoms with Crippen LogP contribution in [0.25, 0.3) is 0 Å². The van der Waals surface area contributed by atoms with E-state index in [1.54, 1.807) is 49.4 Å². The first-order valence-electron chi connectivity index (χ1n) is 12.6. The van der Waals surface area contributed by atoms with Crippen LogP contribution in [-0.2, 0) is 16.1 Å². The van der Waals surface area contributed by atoms with Crippen LogP contribution in [0, 0.1) is 11.7 Å². The number of likely N-dealkylation sites (N-methyl/N-ethyl adjacent to an activating group) is 1. The zero-order chi connectivity index (χ0) is 26.2. The van der Waals surface area contributed by atoms with Gasteiger partial charge in [0.05, 0.1) is 11.7 Å². The number of amides is 2. The zero-order valence-corrected chi connectivity index (χ0v) is 21.9. The Morgan fingerprint density at radius 3 is 2.64 bits per heavy atom. The van der Waals surface area contributed by atoms with E-state index in [2.05, 4.69) is 17.1 Å². The average Bonchev–Trinajstić information content (AvgIpc) is 2.85. The highest BCUT2D eigenvalue weighted by molar-refractivity contribution is 5.98. The van der Waals surface area contributed by atoms with Crippen LogP contribution in [0.1, 0.15) is 49.5 Å². The van der Waals surface area contributed by atoms with E-state index in [1.165, 1.54) is 6.07 Å². The molecule has 0 aromatic heterocycles. The predicted molar refractivity (Wildman–Crippen MR) is 139 cm³/mol. The summed E-state index contributed by atoms with van der Waals surface area (Å²) < 4.78 is 26.5. The van der Waals surface area contributed by atoms with Crippen molar-refractivity contribution in [3.8, 4) is 5.75 Å². The van der Waals surface area contributed by atoms with Gasteiger partial charge in [0.2, 0.25) is 5.91 Å². The lowest BCUT2D eigenvalue weighted by atomic mass is 10.0. The topological polar surface area (TPSA) is 71.1 Å². The number of halogens is 1. The lowest BCUT2D eigenvalue weighted by Crippen LogP contribution is -2.46. The Balaban J connectivity index is 1.94. The van der Waals surface area contributed by atoms with Crippen LogP contribution in [0.2, 0.25) is 0 Å². The van der Waals surface area contributed by atoms with Crippen molar-refractivity contribution in [2.45, 2.75) is 52.3 Å². The highest BCUT2D eigenvalue weighted by atomic mass is 19.1. The molecule has 7 nitrogen and oxygen atoms in total. The van der Waals surface area contributed by atoms with Crippen molar-refractivity contribution in [2.24, 2.45) is 5.92 Å². The molecule has 36 heavy (non-hydrogen) atoms. The van der Waals surface area contributed by atoms with Gasteiger partial charge in [0.25, 0.3) is 5.91 Å². The Morgan fingerprint density at radius 2 is 1.94 bits per heavy atom. The van der Waals surface area contributed by atoms with Crippen LogP contribution in [-0.4, -0.2) is 67.6 Å². The predicted octanol–water partition coefficient (Wildman–Crippen LogP) is 4.57. The van der Waals surface area contributed by atoms with Gasteiger partial charge >= 0.3 is 0 Å². The van der Waals surface area contributed by atoms with Gasteiger partial charge < -0.3 is 19.7 Å². The van der Waals surface area contributed by atoms with Crippen molar-refractivity contribution >= 4 is 17.5 Å². The second-order valence-corrected chi connectivity index (χ2v) is 9.63. The number of hydrogen-bond acceptors (Lipinski definition) is 5. The fourth-order valence-corrected chi connectivity index (χ4v) is 4.44. The summed E-state index contributed by atoms with van der Waals surface area (Å²) in [5.41, 5.74) is 1.61. The monoisotopic (exact) mass is 499 g/mol. The highest BCUT2D eigenvalue weighted by Crippen LogP contribution is 2.27. The fraction of sp³-hybridized carbons (Fsp3) is 0.500. The van der Waals surface area contributed by atoms with E-state index in [0.717, 1.165) is 6.42 Å². The summed E-state index contributed by atoms with van der Waals surface area (Å²) in [7, 11) is 3.39. The van der Waals surface area contributed by atoms with Gasteiger partial charge in [-0.2, -0.15) is 0 Å². The standard InChI is InChI=1S/C28H38FN3O4/c1-6-9-27(33)30-22-12-13-23-25(14-22)36-18-20(3)32(16-21-10-7-8-11-24(21)29)15-19(2)26(35-5)17-31(4)28(23)34/h7-8,10-14,19-20,26H,6,9,15-18H2,1-5H3,(H,30,33)/t19-,20-,26-/m0/s1. The van der Waals surface area contributed by atoms with Crippen LogP contribution in [0.4, 0.5) is 10.1 Å². The Bertz CT molecular complexity index is 1050. The molecule has 2 aromatic carbocycles. The number of carbonyl (C=O) groups excluding carboxylic acids is 2. The minimum Gasteiger partial charge on any atom is -0.491 e. The third kappa shape index (κ3) is 7.04. The number of fused-ring (bicyclic) bond motifs is 1. The first-order chi connectivity index (χ1) is 17.2. The molecule has 3 rings (SSSR count). The average molecular weight is 500 g/mol. The minimum absolute atomic E-state index is 0.0783. The van der Waals surface area contributed by atoms with Gasteiger partial charge in [0.1, 0.15) is 18.2 Å². The molecule has 2 amide bonds. The van der Waals surface area contributed by atoms with Crippen LogP contribution >= 0.6 is 0 Å². The quantitative estimate of drug-likeness (QED) is 0.631. The van der Waals surface area contributed by atoms with Crippen LogP contribution in [0.15, 0.2) is 42.5 Å². The summed E-state index contributed by atoms with van der Waals surface area (Å²) in [6.45, 7) is 7.80. The first kappa shape index (κ1) is 27.6. The van der Waals surface area contributed by atoms with Crippen molar-refractivity contribution in [3.05, 3.63) is 59.4 Å². The molecular formula is C28H38FN3O4. The number of carbonyl (C=O) groups is 2. The lowest BCUT2D eigenvalue weighted by Gasteiger charge is -2.36. The number of rotatable bonds is 6. The van der Waals surface area contributed by atoms with Crippen LogP contribution in [0.3, 0.4) is 0 Å². The molecule has 196 valence electrons.